The van der Waals surface area contributed by atoms with Gasteiger partial charge in [0.1, 0.15) is 6.61 Å². The van der Waals surface area contributed by atoms with Crippen LogP contribution in [0.25, 0.3) is 0 Å². The lowest BCUT2D eigenvalue weighted by Gasteiger charge is -2.26. The van der Waals surface area contributed by atoms with Crippen LogP contribution < -0.4 is 0 Å². The van der Waals surface area contributed by atoms with Gasteiger partial charge in [0.05, 0.1) is 0 Å². The Morgan fingerprint density at radius 1 is 1.35 bits per heavy atom. The predicted molar refractivity (Wildman–Crippen MR) is 61.8 cm³/mol. The number of aliphatic hydroxyl groups is 1. The first-order valence-electron chi connectivity index (χ1n) is 6.10. The monoisotopic (exact) mass is 238 g/mol. The second kappa shape index (κ2) is 5.36. The molecule has 0 amide bonds. The highest BCUT2D eigenvalue weighted by Crippen LogP contribution is 2.35. The van der Waals surface area contributed by atoms with Crippen LogP contribution in [0, 0.1) is 5.92 Å². The molecule has 0 aromatic rings. The first-order valence-corrected chi connectivity index (χ1v) is 6.10. The topological polar surface area (TPSA) is 55.8 Å². The molecule has 0 aromatic carbocycles. The van der Waals surface area contributed by atoms with E-state index in [0.717, 1.165) is 12.8 Å². The van der Waals surface area contributed by atoms with Crippen LogP contribution in [0.3, 0.4) is 0 Å². The standard InChI is InChI=1S/C13H18O4/c1-2-10(15)12-11(8-14)16-13(17-12)9-6-4-3-5-7-9/h2,9,13-14H,1,3-8H2. The van der Waals surface area contributed by atoms with Crippen molar-refractivity contribution in [2.45, 2.75) is 38.4 Å². The van der Waals surface area contributed by atoms with Crippen molar-refractivity contribution in [2.24, 2.45) is 5.92 Å². The molecule has 17 heavy (non-hydrogen) atoms. The number of carbonyl (C=O) groups excluding carboxylic acids is 1. The molecule has 0 spiro atoms. The third kappa shape index (κ3) is 2.52. The van der Waals surface area contributed by atoms with Gasteiger partial charge in [0.2, 0.25) is 17.8 Å². The summed E-state index contributed by atoms with van der Waals surface area (Å²) in [6.45, 7) is 3.10. The SMILES string of the molecule is C=CC(=O)C1=C(CO)OC(C2CCCCC2)O1. The summed E-state index contributed by atoms with van der Waals surface area (Å²) < 4.78 is 11.1. The smallest absolute Gasteiger partial charge is 0.244 e. The van der Waals surface area contributed by atoms with Gasteiger partial charge in [-0.1, -0.05) is 25.8 Å². The van der Waals surface area contributed by atoms with Crippen molar-refractivity contribution in [2.75, 3.05) is 6.61 Å². The van der Waals surface area contributed by atoms with Crippen molar-refractivity contribution in [3.8, 4) is 0 Å². The lowest BCUT2D eigenvalue weighted by molar-refractivity contribution is -0.122. The summed E-state index contributed by atoms with van der Waals surface area (Å²) >= 11 is 0. The molecular formula is C13H18O4. The molecule has 1 saturated carbocycles. The van der Waals surface area contributed by atoms with E-state index in [-0.39, 0.29) is 23.9 Å². The fourth-order valence-electron chi connectivity index (χ4n) is 2.40. The van der Waals surface area contributed by atoms with Gasteiger partial charge >= 0.3 is 0 Å². The van der Waals surface area contributed by atoms with E-state index in [9.17, 15) is 4.79 Å². The summed E-state index contributed by atoms with van der Waals surface area (Å²) in [5.74, 6) is 0.358. The number of allylic oxidation sites excluding steroid dienone is 1. The van der Waals surface area contributed by atoms with E-state index >= 15 is 0 Å². The summed E-state index contributed by atoms with van der Waals surface area (Å²) in [6, 6.07) is 0. The van der Waals surface area contributed by atoms with Crippen molar-refractivity contribution >= 4 is 5.78 Å². The molecular weight excluding hydrogens is 220 g/mol. The highest BCUT2D eigenvalue weighted by atomic mass is 16.7. The van der Waals surface area contributed by atoms with Gasteiger partial charge in [-0.15, -0.1) is 0 Å². The first-order chi connectivity index (χ1) is 8.26. The Bertz CT molecular complexity index is 339. The van der Waals surface area contributed by atoms with E-state index in [1.54, 1.807) is 0 Å². The number of hydrogen-bond donors (Lipinski definition) is 1. The fourth-order valence-corrected chi connectivity index (χ4v) is 2.40. The minimum atomic E-state index is -0.406. The molecule has 94 valence electrons. The molecule has 0 radical (unpaired) electrons. The molecule has 2 aliphatic rings. The van der Waals surface area contributed by atoms with Crippen molar-refractivity contribution in [1.29, 1.82) is 0 Å². The van der Waals surface area contributed by atoms with Crippen LogP contribution in [-0.4, -0.2) is 23.8 Å². The molecule has 1 N–H and O–H groups in total. The lowest BCUT2D eigenvalue weighted by Crippen LogP contribution is -2.25. The van der Waals surface area contributed by atoms with Crippen LogP contribution >= 0.6 is 0 Å². The Morgan fingerprint density at radius 3 is 2.65 bits per heavy atom. The first kappa shape index (κ1) is 12.2. The number of aliphatic hydroxyl groups excluding tert-OH is 1. The quantitative estimate of drug-likeness (QED) is 0.760. The lowest BCUT2D eigenvalue weighted by atomic mass is 9.89. The average molecular weight is 238 g/mol. The van der Waals surface area contributed by atoms with Crippen LogP contribution in [-0.2, 0) is 14.3 Å². The van der Waals surface area contributed by atoms with Gasteiger partial charge in [0, 0.05) is 5.92 Å². The zero-order valence-electron chi connectivity index (χ0n) is 9.85. The normalized spacial score (nSPS) is 25.4. The van der Waals surface area contributed by atoms with E-state index in [2.05, 4.69) is 6.58 Å². The number of rotatable bonds is 4. The largest absolute Gasteiger partial charge is 0.452 e. The molecule has 4 heteroatoms. The van der Waals surface area contributed by atoms with Gasteiger partial charge in [0.15, 0.2) is 5.76 Å². The van der Waals surface area contributed by atoms with Gasteiger partial charge in [0.25, 0.3) is 0 Å². The molecule has 0 aromatic heterocycles. The van der Waals surface area contributed by atoms with E-state index in [1.807, 2.05) is 0 Å². The van der Waals surface area contributed by atoms with Crippen LogP contribution in [0.15, 0.2) is 24.2 Å². The number of hydrogen-bond acceptors (Lipinski definition) is 4. The Balaban J connectivity index is 2.03. The summed E-state index contributed by atoms with van der Waals surface area (Å²) in [5, 5.41) is 9.15. The molecule has 1 fully saturated rings. The molecule has 1 atom stereocenters. The van der Waals surface area contributed by atoms with Gasteiger partial charge < -0.3 is 14.6 Å². The molecule has 1 unspecified atom stereocenters. The molecule has 0 saturated heterocycles. The second-order valence-corrected chi connectivity index (χ2v) is 4.48. The molecule has 1 aliphatic heterocycles. The average Bonchev–Trinajstić information content (AvgIpc) is 2.83. The Morgan fingerprint density at radius 2 is 2.06 bits per heavy atom. The van der Waals surface area contributed by atoms with E-state index < -0.39 is 6.29 Å². The summed E-state index contributed by atoms with van der Waals surface area (Å²) in [4.78, 5) is 11.5. The summed E-state index contributed by atoms with van der Waals surface area (Å²) in [6.07, 6.45) is 6.48. The Hall–Kier alpha value is -1.29. The highest BCUT2D eigenvalue weighted by Gasteiger charge is 2.36. The molecule has 1 aliphatic carbocycles. The van der Waals surface area contributed by atoms with Gasteiger partial charge in [-0.25, -0.2) is 0 Å². The maximum absolute atomic E-state index is 11.5. The van der Waals surface area contributed by atoms with Crippen molar-refractivity contribution in [3.63, 3.8) is 0 Å². The highest BCUT2D eigenvalue weighted by molar-refractivity contribution is 6.02. The van der Waals surface area contributed by atoms with Crippen molar-refractivity contribution in [3.05, 3.63) is 24.2 Å². The zero-order valence-corrected chi connectivity index (χ0v) is 9.85. The molecule has 1 heterocycles. The third-order valence-electron chi connectivity index (χ3n) is 3.33. The third-order valence-corrected chi connectivity index (χ3v) is 3.33. The molecule has 2 rings (SSSR count). The Kier molecular flexibility index (Phi) is 3.84. The maximum Gasteiger partial charge on any atom is 0.244 e. The van der Waals surface area contributed by atoms with E-state index in [1.165, 1.54) is 25.3 Å². The molecule has 4 nitrogen and oxygen atoms in total. The zero-order chi connectivity index (χ0) is 12.3. The minimum Gasteiger partial charge on any atom is -0.452 e. The number of ether oxygens (including phenoxy) is 2. The predicted octanol–water partition coefficient (Wildman–Crippen LogP) is 1.90. The van der Waals surface area contributed by atoms with Crippen molar-refractivity contribution in [1.82, 2.24) is 0 Å². The van der Waals surface area contributed by atoms with Gasteiger partial charge in [-0.3, -0.25) is 4.79 Å². The van der Waals surface area contributed by atoms with Crippen LogP contribution in [0.5, 0.6) is 0 Å². The second-order valence-electron chi connectivity index (χ2n) is 4.48. The maximum atomic E-state index is 11.5. The van der Waals surface area contributed by atoms with Crippen molar-refractivity contribution < 1.29 is 19.4 Å². The summed E-state index contributed by atoms with van der Waals surface area (Å²) in [7, 11) is 0. The van der Waals surface area contributed by atoms with Gasteiger partial charge in [-0.05, 0) is 18.9 Å². The van der Waals surface area contributed by atoms with E-state index in [4.69, 9.17) is 14.6 Å². The molecule has 0 bridgehead atoms. The van der Waals surface area contributed by atoms with Gasteiger partial charge in [-0.2, -0.15) is 0 Å². The number of carbonyl (C=O) groups is 1. The Labute approximate surface area is 101 Å². The van der Waals surface area contributed by atoms with Crippen LogP contribution in [0.2, 0.25) is 0 Å². The van der Waals surface area contributed by atoms with E-state index in [0.29, 0.717) is 5.92 Å². The number of ketones is 1. The van der Waals surface area contributed by atoms with Crippen LogP contribution in [0.1, 0.15) is 32.1 Å². The van der Waals surface area contributed by atoms with Crippen LogP contribution in [0.4, 0.5) is 0 Å². The summed E-state index contributed by atoms with van der Waals surface area (Å²) in [5.41, 5.74) is 0. The minimum absolute atomic E-state index is 0.123. The fraction of sp³-hybridized carbons (Fsp3) is 0.615.